The van der Waals surface area contributed by atoms with Gasteiger partial charge in [0.2, 0.25) is 0 Å². The largest absolute Gasteiger partial charge is 0.300 e. The molecule has 1 fully saturated rings. The summed E-state index contributed by atoms with van der Waals surface area (Å²) in [5, 5.41) is 7.39. The molecule has 2 atom stereocenters. The summed E-state index contributed by atoms with van der Waals surface area (Å²) in [5.74, 6) is -0.819. The number of ketones is 1. The fraction of sp³-hybridized carbons (Fsp3) is 0.222. The summed E-state index contributed by atoms with van der Waals surface area (Å²) >= 11 is 12.7. The van der Waals surface area contributed by atoms with Gasteiger partial charge in [-0.05, 0) is 54.4 Å². The van der Waals surface area contributed by atoms with Crippen molar-refractivity contribution < 1.29 is 9.59 Å². The molecule has 0 unspecified atom stereocenters. The average Bonchev–Trinajstić information content (AvgIpc) is 3.07. The van der Waals surface area contributed by atoms with Gasteiger partial charge in [0.05, 0.1) is 11.4 Å². The van der Waals surface area contributed by atoms with E-state index in [4.69, 9.17) is 28.3 Å². The molecule has 1 aliphatic heterocycles. The number of Topliss-reactive ketones (excluding diaryl/α,β-unsaturated/α-hetero) is 1. The van der Waals surface area contributed by atoms with Crippen molar-refractivity contribution in [2.75, 3.05) is 5.01 Å². The maximum atomic E-state index is 14.4. The molecule has 0 saturated heterocycles. The zero-order valence-electron chi connectivity index (χ0n) is 18.0. The van der Waals surface area contributed by atoms with Gasteiger partial charge < -0.3 is 0 Å². The van der Waals surface area contributed by atoms with E-state index in [1.54, 1.807) is 12.1 Å². The SMILES string of the molecule is CC1=NN(c2ccccc2)C(=O)C12[C@@H](c1cccc(Cl)c1)CC(=O)C[C@@H]2c1cccc(Cl)c1. The zero-order chi connectivity index (χ0) is 23.2. The smallest absolute Gasteiger partial charge is 0.260 e. The Morgan fingerprint density at radius 1 is 0.818 bits per heavy atom. The van der Waals surface area contributed by atoms with Gasteiger partial charge in [0.25, 0.3) is 5.91 Å². The number of carbonyl (C=O) groups is 2. The van der Waals surface area contributed by atoms with E-state index in [-0.39, 0.29) is 24.5 Å². The van der Waals surface area contributed by atoms with Crippen molar-refractivity contribution in [1.82, 2.24) is 0 Å². The molecule has 1 spiro atoms. The third kappa shape index (κ3) is 3.58. The van der Waals surface area contributed by atoms with Crippen LogP contribution in [0.25, 0.3) is 0 Å². The van der Waals surface area contributed by atoms with Crippen LogP contribution in [0.4, 0.5) is 5.69 Å². The molecule has 1 amide bonds. The van der Waals surface area contributed by atoms with Crippen molar-refractivity contribution in [3.05, 3.63) is 100 Å². The highest BCUT2D eigenvalue weighted by molar-refractivity contribution is 6.31. The van der Waals surface area contributed by atoms with Crippen molar-refractivity contribution >= 4 is 46.3 Å². The van der Waals surface area contributed by atoms with Crippen LogP contribution in [0.5, 0.6) is 0 Å². The summed E-state index contributed by atoms with van der Waals surface area (Å²) in [5.41, 5.74) is 2.09. The zero-order valence-corrected chi connectivity index (χ0v) is 19.6. The van der Waals surface area contributed by atoms with Crippen LogP contribution in [0.1, 0.15) is 42.7 Å². The Kier molecular flexibility index (Phi) is 5.59. The number of halogens is 2. The van der Waals surface area contributed by atoms with Crippen molar-refractivity contribution in [2.24, 2.45) is 10.5 Å². The van der Waals surface area contributed by atoms with Crippen LogP contribution in [0.2, 0.25) is 10.0 Å². The molecule has 3 aromatic carbocycles. The van der Waals surface area contributed by atoms with Gasteiger partial charge in [-0.25, -0.2) is 0 Å². The number of hydrogen-bond acceptors (Lipinski definition) is 3. The first-order valence-corrected chi connectivity index (χ1v) is 11.6. The lowest BCUT2D eigenvalue weighted by atomic mass is 9.54. The van der Waals surface area contributed by atoms with E-state index < -0.39 is 17.3 Å². The number of amides is 1. The Hall–Kier alpha value is -2.95. The summed E-state index contributed by atoms with van der Waals surface area (Å²) < 4.78 is 0. The summed E-state index contributed by atoms with van der Waals surface area (Å²) in [7, 11) is 0. The fourth-order valence-electron chi connectivity index (χ4n) is 5.47. The summed E-state index contributed by atoms with van der Waals surface area (Å²) in [6.07, 6.45) is 0.497. The van der Waals surface area contributed by atoms with Gasteiger partial charge in [-0.2, -0.15) is 10.1 Å². The van der Waals surface area contributed by atoms with E-state index in [2.05, 4.69) is 0 Å². The molecule has 1 heterocycles. The predicted octanol–water partition coefficient (Wildman–Crippen LogP) is 6.63. The lowest BCUT2D eigenvalue weighted by Gasteiger charge is -2.46. The molecule has 0 aromatic heterocycles. The van der Waals surface area contributed by atoms with Crippen LogP contribution in [-0.4, -0.2) is 17.4 Å². The second kappa shape index (κ2) is 8.44. The van der Waals surface area contributed by atoms with Gasteiger partial charge in [-0.1, -0.05) is 65.7 Å². The number of anilines is 1. The van der Waals surface area contributed by atoms with Crippen molar-refractivity contribution in [3.8, 4) is 0 Å². The number of nitrogens with zero attached hydrogens (tertiary/aromatic N) is 2. The number of carbonyl (C=O) groups excluding carboxylic acids is 2. The molecule has 0 N–H and O–H groups in total. The molecule has 3 aromatic rings. The first-order chi connectivity index (χ1) is 15.9. The van der Waals surface area contributed by atoms with E-state index in [1.165, 1.54) is 5.01 Å². The second-order valence-electron chi connectivity index (χ2n) is 8.67. The molecular formula is C27H22Cl2N2O2. The predicted molar refractivity (Wildman–Crippen MR) is 132 cm³/mol. The van der Waals surface area contributed by atoms with Crippen LogP contribution in [0.3, 0.4) is 0 Å². The molecule has 1 aliphatic carbocycles. The molecule has 4 nitrogen and oxygen atoms in total. The molecule has 5 rings (SSSR count). The quantitative estimate of drug-likeness (QED) is 0.425. The molecular weight excluding hydrogens is 455 g/mol. The topological polar surface area (TPSA) is 49.7 Å². The Morgan fingerprint density at radius 2 is 1.36 bits per heavy atom. The van der Waals surface area contributed by atoms with Crippen molar-refractivity contribution in [3.63, 3.8) is 0 Å². The van der Waals surface area contributed by atoms with Crippen LogP contribution in [0.15, 0.2) is 84.0 Å². The molecule has 33 heavy (non-hydrogen) atoms. The first-order valence-electron chi connectivity index (χ1n) is 10.9. The normalized spacial score (nSPS) is 22.0. The summed E-state index contributed by atoms with van der Waals surface area (Å²) in [6, 6.07) is 24.3. The second-order valence-corrected chi connectivity index (χ2v) is 9.54. The monoisotopic (exact) mass is 476 g/mol. The highest BCUT2D eigenvalue weighted by Crippen LogP contribution is 2.58. The number of benzene rings is 3. The third-order valence-corrected chi connectivity index (χ3v) is 7.33. The van der Waals surface area contributed by atoms with E-state index >= 15 is 0 Å². The number of para-hydroxylation sites is 1. The minimum absolute atomic E-state index is 0.106. The third-order valence-electron chi connectivity index (χ3n) is 6.86. The first kappa shape index (κ1) is 21.9. The van der Waals surface area contributed by atoms with E-state index in [1.807, 2.05) is 73.7 Å². The molecule has 2 aliphatic rings. The Bertz CT molecular complexity index is 1210. The number of rotatable bonds is 3. The highest BCUT2D eigenvalue weighted by atomic mass is 35.5. The van der Waals surface area contributed by atoms with Crippen molar-refractivity contribution in [2.45, 2.75) is 31.6 Å². The number of hydrazone groups is 1. The lowest BCUT2D eigenvalue weighted by Crippen LogP contribution is -2.52. The Balaban J connectivity index is 1.74. The van der Waals surface area contributed by atoms with E-state index in [0.717, 1.165) is 11.1 Å². The van der Waals surface area contributed by atoms with Crippen LogP contribution >= 0.6 is 23.2 Å². The summed E-state index contributed by atoms with van der Waals surface area (Å²) in [4.78, 5) is 27.4. The van der Waals surface area contributed by atoms with Gasteiger partial charge in [0, 0.05) is 34.7 Å². The number of hydrogen-bond donors (Lipinski definition) is 0. The molecule has 1 saturated carbocycles. The van der Waals surface area contributed by atoms with Crippen LogP contribution in [0, 0.1) is 5.41 Å². The Morgan fingerprint density at radius 3 is 1.88 bits per heavy atom. The molecule has 0 radical (unpaired) electrons. The van der Waals surface area contributed by atoms with Gasteiger partial charge in [-0.3, -0.25) is 9.59 Å². The van der Waals surface area contributed by atoms with E-state index in [9.17, 15) is 9.59 Å². The minimum Gasteiger partial charge on any atom is -0.300 e. The van der Waals surface area contributed by atoms with E-state index in [0.29, 0.717) is 21.4 Å². The molecule has 166 valence electrons. The maximum absolute atomic E-state index is 14.4. The summed E-state index contributed by atoms with van der Waals surface area (Å²) in [6.45, 7) is 1.89. The average molecular weight is 477 g/mol. The lowest BCUT2D eigenvalue weighted by molar-refractivity contribution is -0.131. The molecule has 0 bridgehead atoms. The van der Waals surface area contributed by atoms with Gasteiger partial charge in [0.1, 0.15) is 11.2 Å². The highest BCUT2D eigenvalue weighted by Gasteiger charge is 2.62. The maximum Gasteiger partial charge on any atom is 0.260 e. The van der Waals surface area contributed by atoms with Crippen LogP contribution in [-0.2, 0) is 9.59 Å². The van der Waals surface area contributed by atoms with Gasteiger partial charge >= 0.3 is 0 Å². The van der Waals surface area contributed by atoms with Crippen molar-refractivity contribution in [1.29, 1.82) is 0 Å². The Labute approximate surface area is 202 Å². The van der Waals surface area contributed by atoms with Gasteiger partial charge in [-0.15, -0.1) is 0 Å². The fourth-order valence-corrected chi connectivity index (χ4v) is 5.86. The standard InChI is InChI=1S/C27H22Cl2N2O2/c1-17-27(26(33)31(30-17)22-11-3-2-4-12-22)24(18-7-5-9-20(28)13-18)15-23(32)16-25(27)19-8-6-10-21(29)14-19/h2-14,24-25H,15-16H2,1H3/t24-,25-/m1/s1. The van der Waals surface area contributed by atoms with Crippen LogP contribution < -0.4 is 5.01 Å². The molecule has 6 heteroatoms. The van der Waals surface area contributed by atoms with Gasteiger partial charge in [0.15, 0.2) is 0 Å². The minimum atomic E-state index is -1.03.